The largest absolute Gasteiger partial charge is 0.486 e. The van der Waals surface area contributed by atoms with Crippen LogP contribution in [-0.4, -0.2) is 55.8 Å². The van der Waals surface area contributed by atoms with Crippen LogP contribution in [0.1, 0.15) is 30.7 Å². The Morgan fingerprint density at radius 1 is 1.43 bits per heavy atom. The van der Waals surface area contributed by atoms with Gasteiger partial charge in [0.1, 0.15) is 17.7 Å². The first kappa shape index (κ1) is 20.4. The van der Waals surface area contributed by atoms with Gasteiger partial charge in [0, 0.05) is 26.1 Å². The van der Waals surface area contributed by atoms with Crippen LogP contribution >= 0.6 is 11.3 Å². The number of ether oxygens (including phenoxy) is 3. The Morgan fingerprint density at radius 3 is 2.96 bits per heavy atom. The molecule has 0 bridgehead atoms. The van der Waals surface area contributed by atoms with Crippen LogP contribution in [0.15, 0.2) is 34.6 Å². The predicted octanol–water partition coefficient (Wildman–Crippen LogP) is 3.09. The molecule has 0 saturated carbocycles. The SMILES string of the molecule is CCNC(=NCC1COc2ccccc2O1)N(C)Cc1csc(C(C)OC)n1. The molecule has 0 fully saturated rings. The molecule has 0 radical (unpaired) electrons. The maximum atomic E-state index is 6.00. The lowest BCUT2D eigenvalue weighted by Crippen LogP contribution is -2.40. The van der Waals surface area contributed by atoms with Crippen molar-refractivity contribution in [2.45, 2.75) is 32.6 Å². The van der Waals surface area contributed by atoms with Gasteiger partial charge in [-0.15, -0.1) is 11.3 Å². The van der Waals surface area contributed by atoms with Crippen molar-refractivity contribution in [2.75, 3.05) is 33.9 Å². The van der Waals surface area contributed by atoms with E-state index in [1.165, 1.54) is 0 Å². The predicted molar refractivity (Wildman–Crippen MR) is 111 cm³/mol. The molecule has 7 nitrogen and oxygen atoms in total. The first-order valence-corrected chi connectivity index (χ1v) is 10.3. The Bertz CT molecular complexity index is 795. The highest BCUT2D eigenvalue weighted by Crippen LogP contribution is 2.30. The smallest absolute Gasteiger partial charge is 0.194 e. The first-order valence-electron chi connectivity index (χ1n) is 9.45. The molecule has 2 aromatic rings. The molecule has 1 aromatic heterocycles. The van der Waals surface area contributed by atoms with Gasteiger partial charge in [-0.3, -0.25) is 0 Å². The summed E-state index contributed by atoms with van der Waals surface area (Å²) < 4.78 is 17.1. The Morgan fingerprint density at radius 2 is 2.21 bits per heavy atom. The number of aromatic nitrogens is 1. The van der Waals surface area contributed by atoms with Crippen molar-refractivity contribution in [1.29, 1.82) is 0 Å². The molecule has 2 atom stereocenters. The maximum absolute atomic E-state index is 6.00. The molecule has 1 aliphatic rings. The highest BCUT2D eigenvalue weighted by Gasteiger charge is 2.21. The van der Waals surface area contributed by atoms with Gasteiger partial charge in [0.2, 0.25) is 0 Å². The number of hydrogen-bond acceptors (Lipinski definition) is 6. The van der Waals surface area contributed by atoms with Gasteiger partial charge in [0.05, 0.1) is 18.8 Å². The molecule has 2 unspecified atom stereocenters. The van der Waals surface area contributed by atoms with E-state index in [2.05, 4.69) is 27.5 Å². The topological polar surface area (TPSA) is 68.2 Å². The number of nitrogens with zero attached hydrogens (tertiary/aromatic N) is 3. The number of para-hydroxylation sites is 2. The number of methoxy groups -OCH3 is 1. The van der Waals surface area contributed by atoms with Crippen LogP contribution in [0.2, 0.25) is 0 Å². The van der Waals surface area contributed by atoms with Crippen LogP contribution in [0.5, 0.6) is 11.5 Å². The minimum absolute atomic E-state index is 0.0114. The fourth-order valence-corrected chi connectivity index (χ4v) is 3.65. The van der Waals surface area contributed by atoms with E-state index in [4.69, 9.17) is 19.2 Å². The van der Waals surface area contributed by atoms with Gasteiger partial charge in [-0.2, -0.15) is 0 Å². The van der Waals surface area contributed by atoms with E-state index in [1.807, 2.05) is 38.2 Å². The van der Waals surface area contributed by atoms with Crippen LogP contribution < -0.4 is 14.8 Å². The van der Waals surface area contributed by atoms with E-state index in [-0.39, 0.29) is 12.2 Å². The third-order valence-corrected chi connectivity index (χ3v) is 5.43. The molecule has 28 heavy (non-hydrogen) atoms. The number of hydrogen-bond donors (Lipinski definition) is 1. The van der Waals surface area contributed by atoms with Gasteiger partial charge in [-0.25, -0.2) is 9.98 Å². The third-order valence-electron chi connectivity index (χ3n) is 4.38. The molecule has 0 aliphatic carbocycles. The molecular weight excluding hydrogens is 376 g/mol. The molecule has 1 N–H and O–H groups in total. The zero-order valence-corrected chi connectivity index (χ0v) is 17.7. The summed E-state index contributed by atoms with van der Waals surface area (Å²) >= 11 is 1.62. The number of thiazole rings is 1. The summed E-state index contributed by atoms with van der Waals surface area (Å²) in [6, 6.07) is 7.72. The average molecular weight is 405 g/mol. The van der Waals surface area contributed by atoms with E-state index >= 15 is 0 Å². The molecule has 1 aromatic carbocycles. The number of aliphatic imine (C=N–C) groups is 1. The molecule has 8 heteroatoms. The van der Waals surface area contributed by atoms with Crippen molar-refractivity contribution < 1.29 is 14.2 Å². The molecule has 3 rings (SSSR count). The van der Waals surface area contributed by atoms with Gasteiger partial charge >= 0.3 is 0 Å². The van der Waals surface area contributed by atoms with E-state index in [0.717, 1.165) is 34.7 Å². The van der Waals surface area contributed by atoms with Crippen molar-refractivity contribution >= 4 is 17.3 Å². The Labute approximate surface area is 170 Å². The standard InChI is InChI=1S/C20H28N4O3S/c1-5-21-20(24(3)11-15-13-28-19(23-15)14(2)25-4)22-10-16-12-26-17-8-6-7-9-18(17)27-16/h6-9,13-14,16H,5,10-12H2,1-4H3,(H,21,22). The van der Waals surface area contributed by atoms with E-state index in [1.54, 1.807) is 18.4 Å². The minimum atomic E-state index is -0.106. The van der Waals surface area contributed by atoms with Gasteiger partial charge in [-0.05, 0) is 26.0 Å². The molecule has 0 spiro atoms. The van der Waals surface area contributed by atoms with Crippen molar-refractivity contribution in [2.24, 2.45) is 4.99 Å². The van der Waals surface area contributed by atoms with Crippen LogP contribution in [0.3, 0.4) is 0 Å². The second-order valence-electron chi connectivity index (χ2n) is 6.60. The average Bonchev–Trinajstić information content (AvgIpc) is 3.18. The van der Waals surface area contributed by atoms with Gasteiger partial charge in [-0.1, -0.05) is 12.1 Å². The third kappa shape index (κ3) is 5.14. The summed E-state index contributed by atoms with van der Waals surface area (Å²) in [7, 11) is 3.71. The highest BCUT2D eigenvalue weighted by atomic mass is 32.1. The number of fused-ring (bicyclic) bond motifs is 1. The zero-order chi connectivity index (χ0) is 19.9. The molecule has 2 heterocycles. The second-order valence-corrected chi connectivity index (χ2v) is 7.49. The number of benzene rings is 1. The summed E-state index contributed by atoms with van der Waals surface area (Å²) in [6.45, 7) is 6.53. The zero-order valence-electron chi connectivity index (χ0n) is 16.8. The number of guanidine groups is 1. The fourth-order valence-electron chi connectivity index (χ4n) is 2.81. The van der Waals surface area contributed by atoms with E-state index in [0.29, 0.717) is 19.7 Å². The fraction of sp³-hybridized carbons (Fsp3) is 0.500. The van der Waals surface area contributed by atoms with Crippen LogP contribution in [-0.2, 0) is 11.3 Å². The lowest BCUT2D eigenvalue weighted by Gasteiger charge is -2.26. The summed E-state index contributed by atoms with van der Waals surface area (Å²) in [5, 5.41) is 6.39. The molecule has 1 aliphatic heterocycles. The minimum Gasteiger partial charge on any atom is -0.486 e. The Hall–Kier alpha value is -2.32. The summed E-state index contributed by atoms with van der Waals surface area (Å²) in [4.78, 5) is 11.5. The van der Waals surface area contributed by atoms with Crippen molar-refractivity contribution in [3.05, 3.63) is 40.3 Å². The van der Waals surface area contributed by atoms with Crippen molar-refractivity contribution in [3.8, 4) is 11.5 Å². The number of rotatable bonds is 7. The normalized spacial score (nSPS) is 17.3. The Balaban J connectivity index is 1.61. The van der Waals surface area contributed by atoms with Gasteiger partial charge in [0.15, 0.2) is 23.6 Å². The Kier molecular flexibility index (Phi) is 7.11. The van der Waals surface area contributed by atoms with Crippen molar-refractivity contribution in [3.63, 3.8) is 0 Å². The lowest BCUT2D eigenvalue weighted by atomic mass is 10.2. The van der Waals surface area contributed by atoms with Gasteiger partial charge in [0.25, 0.3) is 0 Å². The molecule has 0 amide bonds. The van der Waals surface area contributed by atoms with Gasteiger partial charge < -0.3 is 24.4 Å². The lowest BCUT2D eigenvalue weighted by molar-refractivity contribution is 0.0969. The van der Waals surface area contributed by atoms with Crippen LogP contribution in [0.25, 0.3) is 0 Å². The van der Waals surface area contributed by atoms with Crippen LogP contribution in [0.4, 0.5) is 0 Å². The number of nitrogens with one attached hydrogen (secondary N) is 1. The summed E-state index contributed by atoms with van der Waals surface area (Å²) in [5.74, 6) is 2.38. The second kappa shape index (κ2) is 9.75. The van der Waals surface area contributed by atoms with E-state index < -0.39 is 0 Å². The summed E-state index contributed by atoms with van der Waals surface area (Å²) in [5.41, 5.74) is 1.00. The van der Waals surface area contributed by atoms with E-state index in [9.17, 15) is 0 Å². The maximum Gasteiger partial charge on any atom is 0.194 e. The highest BCUT2D eigenvalue weighted by molar-refractivity contribution is 7.09. The quantitative estimate of drug-likeness (QED) is 0.565. The summed E-state index contributed by atoms with van der Waals surface area (Å²) in [6.07, 6.45) is -0.0947. The first-order chi connectivity index (χ1) is 13.6. The molecular formula is C20H28N4O3S. The molecule has 0 saturated heterocycles. The van der Waals surface area contributed by atoms with Crippen molar-refractivity contribution in [1.82, 2.24) is 15.2 Å². The van der Waals surface area contributed by atoms with Crippen LogP contribution in [0, 0.1) is 0 Å². The monoisotopic (exact) mass is 404 g/mol. The molecule has 152 valence electrons.